The lowest BCUT2D eigenvalue weighted by Gasteiger charge is -2.18. The quantitative estimate of drug-likeness (QED) is 0.512. The van der Waals surface area contributed by atoms with Gasteiger partial charge in [-0.05, 0) is 12.0 Å². The fraction of sp³-hybridized carbons (Fsp3) is 0.333. The molecule has 0 aliphatic carbocycles. The standard InChI is InChI=1S/C12H11BrN2O5/c13-5-7-3-11(16)14(6-7)10-4-8(15(19)20)1-2-9(10)12(17)18/h1-2,4,7H,3,5-6H2,(H,17,18). The van der Waals surface area contributed by atoms with Crippen molar-refractivity contribution in [3.05, 3.63) is 33.9 Å². The van der Waals surface area contributed by atoms with Gasteiger partial charge in [-0.25, -0.2) is 4.79 Å². The number of hydrogen-bond acceptors (Lipinski definition) is 4. The molecule has 1 aliphatic rings. The van der Waals surface area contributed by atoms with Crippen LogP contribution in [0.25, 0.3) is 0 Å². The number of rotatable bonds is 4. The third-order valence-corrected chi connectivity index (χ3v) is 4.05. The molecule has 7 nitrogen and oxygen atoms in total. The smallest absolute Gasteiger partial charge is 0.337 e. The number of carbonyl (C=O) groups excluding carboxylic acids is 1. The molecule has 1 unspecified atom stereocenters. The first-order chi connectivity index (χ1) is 9.43. The molecule has 1 N–H and O–H groups in total. The molecule has 1 amide bonds. The third kappa shape index (κ3) is 2.64. The van der Waals surface area contributed by atoms with Crippen molar-refractivity contribution in [2.24, 2.45) is 5.92 Å². The number of carboxylic acids is 1. The normalized spacial score (nSPS) is 18.4. The largest absolute Gasteiger partial charge is 0.478 e. The topological polar surface area (TPSA) is 101 Å². The summed E-state index contributed by atoms with van der Waals surface area (Å²) in [4.78, 5) is 34.6. The Hall–Kier alpha value is -1.96. The van der Waals surface area contributed by atoms with Gasteiger partial charge in [0.15, 0.2) is 0 Å². The van der Waals surface area contributed by atoms with Crippen molar-refractivity contribution in [3.63, 3.8) is 0 Å². The molecule has 1 aromatic carbocycles. The number of anilines is 1. The predicted octanol–water partition coefficient (Wildman–Crippen LogP) is 2.04. The van der Waals surface area contributed by atoms with Crippen LogP contribution in [0.2, 0.25) is 0 Å². The van der Waals surface area contributed by atoms with Gasteiger partial charge in [-0.15, -0.1) is 0 Å². The molecule has 106 valence electrons. The van der Waals surface area contributed by atoms with Crippen LogP contribution >= 0.6 is 15.9 Å². The van der Waals surface area contributed by atoms with Gasteiger partial charge in [-0.3, -0.25) is 14.9 Å². The summed E-state index contributed by atoms with van der Waals surface area (Å²) in [6.07, 6.45) is 0.299. The molecule has 1 atom stereocenters. The number of alkyl halides is 1. The average molecular weight is 343 g/mol. The number of benzene rings is 1. The summed E-state index contributed by atoms with van der Waals surface area (Å²) in [5, 5.41) is 20.6. The molecule has 1 heterocycles. The van der Waals surface area contributed by atoms with E-state index in [0.717, 1.165) is 18.2 Å². The lowest BCUT2D eigenvalue weighted by Crippen LogP contribution is -2.26. The molecule has 1 aliphatic heterocycles. The summed E-state index contributed by atoms with van der Waals surface area (Å²) in [5.41, 5.74) is -0.264. The summed E-state index contributed by atoms with van der Waals surface area (Å²) in [6.45, 7) is 0.353. The van der Waals surface area contributed by atoms with Gasteiger partial charge in [-0.1, -0.05) is 15.9 Å². The molecule has 0 bridgehead atoms. The highest BCUT2D eigenvalue weighted by Crippen LogP contribution is 2.31. The highest BCUT2D eigenvalue weighted by Gasteiger charge is 2.33. The van der Waals surface area contributed by atoms with Crippen molar-refractivity contribution in [2.45, 2.75) is 6.42 Å². The van der Waals surface area contributed by atoms with Gasteiger partial charge in [0.2, 0.25) is 5.91 Å². The maximum Gasteiger partial charge on any atom is 0.337 e. The molecule has 1 aromatic rings. The Morgan fingerprint density at radius 3 is 2.75 bits per heavy atom. The van der Waals surface area contributed by atoms with Crippen molar-refractivity contribution in [1.29, 1.82) is 0 Å². The van der Waals surface area contributed by atoms with Gasteiger partial charge in [0.1, 0.15) is 0 Å². The van der Waals surface area contributed by atoms with Crippen LogP contribution < -0.4 is 4.90 Å². The number of non-ortho nitro benzene ring substituents is 1. The highest BCUT2D eigenvalue weighted by molar-refractivity contribution is 9.09. The molecule has 2 rings (SSSR count). The maximum atomic E-state index is 11.9. The fourth-order valence-electron chi connectivity index (χ4n) is 2.16. The van der Waals surface area contributed by atoms with E-state index < -0.39 is 10.9 Å². The van der Waals surface area contributed by atoms with E-state index in [1.165, 1.54) is 4.90 Å². The average Bonchev–Trinajstić information content (AvgIpc) is 2.79. The van der Waals surface area contributed by atoms with Crippen molar-refractivity contribution in [2.75, 3.05) is 16.8 Å². The maximum absolute atomic E-state index is 11.9. The number of hydrogen-bond donors (Lipinski definition) is 1. The Balaban J connectivity index is 2.47. The van der Waals surface area contributed by atoms with Gasteiger partial charge in [0.05, 0.1) is 16.2 Å². The van der Waals surface area contributed by atoms with E-state index in [4.69, 9.17) is 5.11 Å². The van der Waals surface area contributed by atoms with E-state index in [0.29, 0.717) is 18.3 Å². The number of aromatic carboxylic acids is 1. The lowest BCUT2D eigenvalue weighted by molar-refractivity contribution is -0.384. The Morgan fingerprint density at radius 2 is 2.25 bits per heavy atom. The number of carbonyl (C=O) groups is 2. The molecule has 8 heteroatoms. The van der Waals surface area contributed by atoms with Crippen LogP contribution in [0.5, 0.6) is 0 Å². The number of amides is 1. The van der Waals surface area contributed by atoms with Crippen LogP contribution in [0.4, 0.5) is 11.4 Å². The summed E-state index contributed by atoms with van der Waals surface area (Å²) in [6, 6.07) is 3.41. The number of carboxylic acid groups (broad SMARTS) is 1. The molecular weight excluding hydrogens is 332 g/mol. The Morgan fingerprint density at radius 1 is 1.55 bits per heavy atom. The van der Waals surface area contributed by atoms with Crippen LogP contribution in [0.15, 0.2) is 18.2 Å². The monoisotopic (exact) mass is 342 g/mol. The van der Waals surface area contributed by atoms with Crippen LogP contribution in [0.1, 0.15) is 16.8 Å². The second-order valence-electron chi connectivity index (χ2n) is 4.49. The second-order valence-corrected chi connectivity index (χ2v) is 5.14. The first-order valence-corrected chi connectivity index (χ1v) is 6.94. The van der Waals surface area contributed by atoms with Gasteiger partial charge in [0.25, 0.3) is 5.69 Å². The number of nitrogens with zero attached hydrogens (tertiary/aromatic N) is 2. The van der Waals surface area contributed by atoms with E-state index in [1.807, 2.05) is 0 Å². The molecule has 0 radical (unpaired) electrons. The van der Waals surface area contributed by atoms with Crippen molar-refractivity contribution >= 4 is 39.2 Å². The van der Waals surface area contributed by atoms with Crippen LogP contribution in [-0.4, -0.2) is 33.8 Å². The van der Waals surface area contributed by atoms with Crippen LogP contribution in [-0.2, 0) is 4.79 Å². The van der Waals surface area contributed by atoms with Crippen molar-refractivity contribution < 1.29 is 19.6 Å². The molecule has 20 heavy (non-hydrogen) atoms. The first-order valence-electron chi connectivity index (χ1n) is 5.82. The van der Waals surface area contributed by atoms with Gasteiger partial charge in [0, 0.05) is 30.4 Å². The molecule has 1 fully saturated rings. The highest BCUT2D eigenvalue weighted by atomic mass is 79.9. The van der Waals surface area contributed by atoms with E-state index >= 15 is 0 Å². The van der Waals surface area contributed by atoms with E-state index in [2.05, 4.69) is 15.9 Å². The molecule has 1 saturated heterocycles. The minimum Gasteiger partial charge on any atom is -0.478 e. The SMILES string of the molecule is O=C(O)c1ccc([N+](=O)[O-])cc1N1CC(CBr)CC1=O. The summed E-state index contributed by atoms with van der Waals surface area (Å²) in [7, 11) is 0. The molecule has 0 aromatic heterocycles. The Bertz CT molecular complexity index is 589. The second kappa shape index (κ2) is 5.58. The zero-order valence-electron chi connectivity index (χ0n) is 10.3. The number of nitro groups is 1. The summed E-state index contributed by atoms with van der Waals surface area (Å²) >= 11 is 3.29. The van der Waals surface area contributed by atoms with E-state index in [9.17, 15) is 19.7 Å². The van der Waals surface area contributed by atoms with Crippen molar-refractivity contribution in [3.8, 4) is 0 Å². The van der Waals surface area contributed by atoms with E-state index in [1.54, 1.807) is 0 Å². The number of nitro benzene ring substituents is 1. The summed E-state index contributed by atoms with van der Waals surface area (Å²) in [5.74, 6) is -1.37. The minimum atomic E-state index is -1.22. The van der Waals surface area contributed by atoms with E-state index in [-0.39, 0.29) is 28.8 Å². The Kier molecular flexibility index (Phi) is 4.03. The van der Waals surface area contributed by atoms with Gasteiger partial charge in [-0.2, -0.15) is 0 Å². The zero-order chi connectivity index (χ0) is 14.9. The minimum absolute atomic E-state index is 0.0726. The van der Waals surface area contributed by atoms with Crippen LogP contribution in [0, 0.1) is 16.0 Å². The number of halogens is 1. The predicted molar refractivity (Wildman–Crippen MR) is 74.3 cm³/mol. The third-order valence-electron chi connectivity index (χ3n) is 3.14. The van der Waals surface area contributed by atoms with Crippen LogP contribution in [0.3, 0.4) is 0 Å². The molecule has 0 saturated carbocycles. The first kappa shape index (κ1) is 14.4. The fourth-order valence-corrected chi connectivity index (χ4v) is 2.59. The van der Waals surface area contributed by atoms with Crippen molar-refractivity contribution in [1.82, 2.24) is 0 Å². The Labute approximate surface area is 122 Å². The lowest BCUT2D eigenvalue weighted by atomic mass is 10.1. The molecule has 0 spiro atoms. The van der Waals surface area contributed by atoms with Gasteiger partial charge >= 0.3 is 5.97 Å². The summed E-state index contributed by atoms with van der Waals surface area (Å²) < 4.78 is 0. The van der Waals surface area contributed by atoms with Gasteiger partial charge < -0.3 is 10.0 Å². The zero-order valence-corrected chi connectivity index (χ0v) is 11.9. The molecular formula is C12H11BrN2O5.